The highest BCUT2D eigenvalue weighted by atomic mass is 32.1. The third kappa shape index (κ3) is 2.54. The Kier molecular flexibility index (Phi) is 3.10. The van der Waals surface area contributed by atoms with Crippen molar-refractivity contribution in [1.82, 2.24) is 9.97 Å². The predicted octanol–water partition coefficient (Wildman–Crippen LogP) is 3.07. The minimum absolute atomic E-state index is 0.285. The molecule has 0 saturated carbocycles. The molecule has 0 radical (unpaired) electrons. The monoisotopic (exact) mass is 286 g/mol. The highest BCUT2D eigenvalue weighted by Gasteiger charge is 2.04. The molecule has 0 aliphatic rings. The van der Waals surface area contributed by atoms with Crippen LogP contribution in [0, 0.1) is 0 Å². The van der Waals surface area contributed by atoms with E-state index in [1.165, 1.54) is 0 Å². The highest BCUT2D eigenvalue weighted by molar-refractivity contribution is 7.80. The Labute approximate surface area is 119 Å². The van der Waals surface area contributed by atoms with Gasteiger partial charge in [-0.05, 0) is 24.3 Å². The molecule has 4 nitrogen and oxygen atoms in total. The van der Waals surface area contributed by atoms with Crippen LogP contribution in [0.3, 0.4) is 0 Å². The minimum Gasteiger partial charge on any atom is -0.388 e. The maximum Gasteiger partial charge on any atom is 0.188 e. The second kappa shape index (κ2) is 4.91. The number of nitrogens with one attached hydrogen (secondary N) is 1. The molecular weight excluding hydrogens is 276 g/mol. The van der Waals surface area contributed by atoms with Gasteiger partial charge in [-0.3, -0.25) is 4.98 Å². The average molecular weight is 286 g/mol. The number of nitrogens with two attached hydrogens (primary N) is 1. The van der Waals surface area contributed by atoms with Crippen LogP contribution in [0.2, 0.25) is 0 Å². The van der Waals surface area contributed by atoms with Crippen LogP contribution in [-0.2, 0) is 0 Å². The van der Waals surface area contributed by atoms with E-state index in [0.29, 0.717) is 5.69 Å². The first-order valence-electron chi connectivity index (χ1n) is 5.61. The lowest BCUT2D eigenvalue weighted by molar-refractivity contribution is 1.29. The van der Waals surface area contributed by atoms with Crippen molar-refractivity contribution in [2.75, 3.05) is 5.32 Å². The number of aromatic nitrogens is 2. The summed E-state index contributed by atoms with van der Waals surface area (Å²) in [5, 5.41) is 4.08. The Hall–Kier alpha value is -2.05. The summed E-state index contributed by atoms with van der Waals surface area (Å²) >= 11 is 6.51. The van der Waals surface area contributed by atoms with Crippen LogP contribution >= 0.6 is 23.6 Å². The molecule has 0 bridgehead atoms. The fourth-order valence-electron chi connectivity index (χ4n) is 1.69. The van der Waals surface area contributed by atoms with E-state index in [-0.39, 0.29) is 4.99 Å². The third-order valence-corrected chi connectivity index (χ3v) is 3.72. The van der Waals surface area contributed by atoms with Gasteiger partial charge in [0, 0.05) is 11.9 Å². The Morgan fingerprint density at radius 3 is 2.89 bits per heavy atom. The molecule has 0 spiro atoms. The first-order valence-corrected chi connectivity index (χ1v) is 6.83. The number of thiocarbonyl (C=S) groups is 1. The van der Waals surface area contributed by atoms with Crippen LogP contribution in [0.1, 0.15) is 5.69 Å². The summed E-state index contributed by atoms with van der Waals surface area (Å²) in [5.74, 6) is 0. The summed E-state index contributed by atoms with van der Waals surface area (Å²) in [4.78, 5) is 8.89. The number of pyridine rings is 1. The van der Waals surface area contributed by atoms with Gasteiger partial charge in [0.15, 0.2) is 5.13 Å². The zero-order valence-electron chi connectivity index (χ0n) is 9.83. The molecule has 19 heavy (non-hydrogen) atoms. The molecule has 0 unspecified atom stereocenters. The number of hydrogen-bond acceptors (Lipinski definition) is 5. The van der Waals surface area contributed by atoms with Crippen molar-refractivity contribution >= 4 is 49.6 Å². The molecule has 3 rings (SSSR count). The van der Waals surface area contributed by atoms with Crippen LogP contribution in [-0.4, -0.2) is 15.0 Å². The molecule has 0 saturated heterocycles. The smallest absolute Gasteiger partial charge is 0.188 e. The SMILES string of the molecule is NC(=S)c1cc(Nc2nc3ccccc3s2)ccn1. The lowest BCUT2D eigenvalue weighted by atomic mass is 10.3. The Morgan fingerprint density at radius 2 is 2.11 bits per heavy atom. The maximum absolute atomic E-state index is 5.57. The van der Waals surface area contributed by atoms with Gasteiger partial charge in [0.05, 0.1) is 15.9 Å². The molecule has 94 valence electrons. The quantitative estimate of drug-likeness (QED) is 0.724. The molecule has 0 fully saturated rings. The minimum atomic E-state index is 0.285. The summed E-state index contributed by atoms with van der Waals surface area (Å²) < 4.78 is 1.15. The molecule has 2 aromatic heterocycles. The van der Waals surface area contributed by atoms with E-state index in [1.54, 1.807) is 17.5 Å². The van der Waals surface area contributed by atoms with E-state index in [4.69, 9.17) is 18.0 Å². The van der Waals surface area contributed by atoms with Crippen molar-refractivity contribution in [2.45, 2.75) is 0 Å². The second-order valence-electron chi connectivity index (χ2n) is 3.91. The Balaban J connectivity index is 1.92. The summed E-state index contributed by atoms with van der Waals surface area (Å²) in [6.45, 7) is 0. The molecule has 1 aromatic carbocycles. The van der Waals surface area contributed by atoms with Crippen molar-refractivity contribution in [3.05, 3.63) is 48.3 Å². The summed E-state index contributed by atoms with van der Waals surface area (Å²) in [7, 11) is 0. The number of fused-ring (bicyclic) bond motifs is 1. The van der Waals surface area contributed by atoms with Gasteiger partial charge in [0.2, 0.25) is 0 Å². The van der Waals surface area contributed by atoms with E-state index < -0.39 is 0 Å². The standard InChI is InChI=1S/C13H10N4S2/c14-12(18)10-7-8(5-6-15-10)16-13-17-9-3-1-2-4-11(9)19-13/h1-7H,(H2,14,18)(H,15,16,17). The van der Waals surface area contributed by atoms with Gasteiger partial charge < -0.3 is 11.1 Å². The largest absolute Gasteiger partial charge is 0.388 e. The molecule has 0 aliphatic carbocycles. The van der Waals surface area contributed by atoms with Crippen LogP contribution in [0.4, 0.5) is 10.8 Å². The predicted molar refractivity (Wildman–Crippen MR) is 83.0 cm³/mol. The van der Waals surface area contributed by atoms with Crippen LogP contribution < -0.4 is 11.1 Å². The molecule has 3 N–H and O–H groups in total. The van der Waals surface area contributed by atoms with E-state index >= 15 is 0 Å². The number of hydrogen-bond donors (Lipinski definition) is 2. The topological polar surface area (TPSA) is 63.8 Å². The number of para-hydroxylation sites is 1. The molecule has 0 amide bonds. The summed E-state index contributed by atoms with van der Waals surface area (Å²) in [5.41, 5.74) is 8.02. The Morgan fingerprint density at radius 1 is 1.26 bits per heavy atom. The van der Waals surface area contributed by atoms with E-state index in [9.17, 15) is 0 Å². The van der Waals surface area contributed by atoms with E-state index in [0.717, 1.165) is 21.0 Å². The van der Waals surface area contributed by atoms with Gasteiger partial charge in [-0.25, -0.2) is 4.98 Å². The fraction of sp³-hybridized carbons (Fsp3) is 0. The Bertz CT molecular complexity index is 718. The molecule has 3 aromatic rings. The molecule has 0 aliphatic heterocycles. The average Bonchev–Trinajstić information content (AvgIpc) is 2.81. The van der Waals surface area contributed by atoms with E-state index in [2.05, 4.69) is 15.3 Å². The van der Waals surface area contributed by atoms with Crippen molar-refractivity contribution < 1.29 is 0 Å². The fourth-order valence-corrected chi connectivity index (χ4v) is 2.69. The zero-order valence-corrected chi connectivity index (χ0v) is 11.5. The van der Waals surface area contributed by atoms with Crippen molar-refractivity contribution in [3.8, 4) is 0 Å². The summed E-state index contributed by atoms with van der Waals surface area (Å²) in [6, 6.07) is 11.7. The molecule has 0 atom stereocenters. The number of benzene rings is 1. The first kappa shape index (κ1) is 12.0. The first-order chi connectivity index (χ1) is 9.22. The van der Waals surface area contributed by atoms with E-state index in [1.807, 2.05) is 36.4 Å². The normalized spacial score (nSPS) is 10.5. The molecular formula is C13H10N4S2. The van der Waals surface area contributed by atoms with Gasteiger partial charge in [-0.2, -0.15) is 0 Å². The van der Waals surface area contributed by atoms with Crippen molar-refractivity contribution in [3.63, 3.8) is 0 Å². The van der Waals surface area contributed by atoms with Gasteiger partial charge in [-0.1, -0.05) is 35.7 Å². The number of nitrogens with zero attached hydrogens (tertiary/aromatic N) is 2. The van der Waals surface area contributed by atoms with Gasteiger partial charge in [-0.15, -0.1) is 0 Å². The molecule has 2 heterocycles. The number of rotatable bonds is 3. The highest BCUT2D eigenvalue weighted by Crippen LogP contribution is 2.27. The van der Waals surface area contributed by atoms with Crippen molar-refractivity contribution in [1.29, 1.82) is 0 Å². The number of thiazole rings is 1. The second-order valence-corrected chi connectivity index (χ2v) is 5.38. The van der Waals surface area contributed by atoms with Crippen LogP contribution in [0.5, 0.6) is 0 Å². The summed E-state index contributed by atoms with van der Waals surface area (Å²) in [6.07, 6.45) is 1.67. The lowest BCUT2D eigenvalue weighted by Gasteiger charge is -2.03. The lowest BCUT2D eigenvalue weighted by Crippen LogP contribution is -2.11. The third-order valence-electron chi connectivity index (χ3n) is 2.56. The van der Waals surface area contributed by atoms with Crippen molar-refractivity contribution in [2.24, 2.45) is 5.73 Å². The van der Waals surface area contributed by atoms with Gasteiger partial charge >= 0.3 is 0 Å². The number of anilines is 2. The van der Waals surface area contributed by atoms with Gasteiger partial charge in [0.1, 0.15) is 4.99 Å². The van der Waals surface area contributed by atoms with Gasteiger partial charge in [0.25, 0.3) is 0 Å². The molecule has 6 heteroatoms. The maximum atomic E-state index is 5.57. The van der Waals surface area contributed by atoms with Crippen LogP contribution in [0.25, 0.3) is 10.2 Å². The zero-order chi connectivity index (χ0) is 13.2. The van der Waals surface area contributed by atoms with Crippen LogP contribution in [0.15, 0.2) is 42.6 Å².